The van der Waals surface area contributed by atoms with Crippen LogP contribution in [0.3, 0.4) is 0 Å². The number of rotatable bonds is 3. The van der Waals surface area contributed by atoms with E-state index in [0.717, 1.165) is 12.8 Å². The van der Waals surface area contributed by atoms with E-state index in [2.05, 4.69) is 20.8 Å². The monoisotopic (exact) mass is 198 g/mol. The zero-order valence-electron chi connectivity index (χ0n) is 9.55. The van der Waals surface area contributed by atoms with Crippen LogP contribution in [0.25, 0.3) is 0 Å². The van der Waals surface area contributed by atoms with Gasteiger partial charge in [0.05, 0.1) is 6.42 Å². The first-order valence-corrected chi connectivity index (χ1v) is 5.73. The largest absolute Gasteiger partial charge is 0.481 e. The number of carboxylic acids is 1. The minimum atomic E-state index is -0.632. The maximum absolute atomic E-state index is 10.9. The van der Waals surface area contributed by atoms with Gasteiger partial charge in [0.25, 0.3) is 0 Å². The average Bonchev–Trinajstić information content (AvgIpc) is 2.12. The number of aliphatic carboxylic acids is 1. The molecule has 3 atom stereocenters. The first-order valence-electron chi connectivity index (χ1n) is 5.73. The van der Waals surface area contributed by atoms with Crippen molar-refractivity contribution < 1.29 is 9.90 Å². The van der Waals surface area contributed by atoms with E-state index in [9.17, 15) is 4.79 Å². The molecule has 0 heterocycles. The first-order chi connectivity index (χ1) is 6.52. The van der Waals surface area contributed by atoms with Gasteiger partial charge in [-0.2, -0.15) is 0 Å². The summed E-state index contributed by atoms with van der Waals surface area (Å²) >= 11 is 0. The lowest BCUT2D eigenvalue weighted by atomic mass is 9.60. The summed E-state index contributed by atoms with van der Waals surface area (Å²) < 4.78 is 0. The lowest BCUT2D eigenvalue weighted by molar-refractivity contribution is -0.142. The summed E-state index contributed by atoms with van der Waals surface area (Å²) in [7, 11) is 0. The highest BCUT2D eigenvalue weighted by Gasteiger charge is 2.41. The van der Waals surface area contributed by atoms with Crippen molar-refractivity contribution in [1.29, 1.82) is 0 Å². The Morgan fingerprint density at radius 2 is 2.14 bits per heavy atom. The quantitative estimate of drug-likeness (QED) is 0.755. The normalized spacial score (nSPS) is 38.2. The van der Waals surface area contributed by atoms with Gasteiger partial charge >= 0.3 is 5.97 Å². The maximum atomic E-state index is 10.9. The minimum absolute atomic E-state index is 0.0729. The smallest absolute Gasteiger partial charge is 0.303 e. The fourth-order valence-electron chi connectivity index (χ4n) is 3.03. The van der Waals surface area contributed by atoms with E-state index in [1.165, 1.54) is 12.8 Å². The molecule has 1 N–H and O–H groups in total. The van der Waals surface area contributed by atoms with Crippen LogP contribution in [-0.2, 0) is 4.79 Å². The number of hydrogen-bond donors (Lipinski definition) is 1. The third kappa shape index (κ3) is 2.10. The molecule has 0 aromatic heterocycles. The molecule has 0 aliphatic heterocycles. The molecule has 3 unspecified atom stereocenters. The van der Waals surface area contributed by atoms with Crippen LogP contribution >= 0.6 is 0 Å². The molecule has 82 valence electrons. The minimum Gasteiger partial charge on any atom is -0.481 e. The van der Waals surface area contributed by atoms with Gasteiger partial charge in [-0.15, -0.1) is 0 Å². The van der Waals surface area contributed by atoms with Crippen LogP contribution in [0, 0.1) is 17.3 Å². The van der Waals surface area contributed by atoms with Crippen molar-refractivity contribution >= 4 is 5.97 Å². The van der Waals surface area contributed by atoms with Crippen LogP contribution < -0.4 is 0 Å². The Balaban J connectivity index is 2.79. The maximum Gasteiger partial charge on any atom is 0.303 e. The molecular weight excluding hydrogens is 176 g/mol. The molecule has 0 radical (unpaired) electrons. The van der Waals surface area contributed by atoms with Crippen LogP contribution in [0.5, 0.6) is 0 Å². The number of carboxylic acid groups (broad SMARTS) is 1. The molecule has 2 nitrogen and oxygen atoms in total. The van der Waals surface area contributed by atoms with E-state index in [4.69, 9.17) is 5.11 Å². The molecule has 2 heteroatoms. The Bertz CT molecular complexity index is 212. The fraction of sp³-hybridized carbons (Fsp3) is 0.917. The SMILES string of the molecule is CCC1(CC(=O)O)CCCC(C)C1C. The van der Waals surface area contributed by atoms with E-state index < -0.39 is 5.97 Å². The zero-order valence-corrected chi connectivity index (χ0v) is 9.55. The summed E-state index contributed by atoms with van der Waals surface area (Å²) in [5, 5.41) is 8.97. The van der Waals surface area contributed by atoms with Gasteiger partial charge in [-0.3, -0.25) is 4.79 Å². The lowest BCUT2D eigenvalue weighted by Gasteiger charge is -2.45. The molecule has 1 fully saturated rings. The van der Waals surface area contributed by atoms with Gasteiger partial charge in [0.15, 0.2) is 0 Å². The predicted octanol–water partition coefficient (Wildman–Crippen LogP) is 3.31. The van der Waals surface area contributed by atoms with Crippen LogP contribution in [-0.4, -0.2) is 11.1 Å². The van der Waals surface area contributed by atoms with E-state index in [1.54, 1.807) is 0 Å². The summed E-state index contributed by atoms with van der Waals surface area (Å²) in [6, 6.07) is 0. The highest BCUT2D eigenvalue weighted by Crippen LogP contribution is 2.48. The Kier molecular flexibility index (Phi) is 3.57. The lowest BCUT2D eigenvalue weighted by Crippen LogP contribution is -2.38. The second-order valence-electron chi connectivity index (χ2n) is 4.94. The number of carbonyl (C=O) groups is 1. The van der Waals surface area contributed by atoms with Crippen LogP contribution in [0.4, 0.5) is 0 Å². The van der Waals surface area contributed by atoms with E-state index in [-0.39, 0.29) is 5.41 Å². The summed E-state index contributed by atoms with van der Waals surface area (Å²) in [4.78, 5) is 10.9. The molecule has 1 aliphatic rings. The van der Waals surface area contributed by atoms with Gasteiger partial charge in [-0.25, -0.2) is 0 Å². The van der Waals surface area contributed by atoms with Crippen LogP contribution in [0.15, 0.2) is 0 Å². The van der Waals surface area contributed by atoms with Gasteiger partial charge < -0.3 is 5.11 Å². The van der Waals surface area contributed by atoms with Gasteiger partial charge in [-0.1, -0.05) is 33.6 Å². The summed E-state index contributed by atoms with van der Waals surface area (Å²) in [6.45, 7) is 6.63. The Labute approximate surface area is 86.7 Å². The van der Waals surface area contributed by atoms with E-state index in [0.29, 0.717) is 18.3 Å². The molecule has 14 heavy (non-hydrogen) atoms. The van der Waals surface area contributed by atoms with Crippen molar-refractivity contribution in [3.8, 4) is 0 Å². The molecule has 1 aliphatic carbocycles. The summed E-state index contributed by atoms with van der Waals surface area (Å²) in [6.07, 6.45) is 4.93. The van der Waals surface area contributed by atoms with Gasteiger partial charge in [0, 0.05) is 0 Å². The van der Waals surface area contributed by atoms with Crippen LogP contribution in [0.1, 0.15) is 52.9 Å². The third-order valence-electron chi connectivity index (χ3n) is 4.36. The highest BCUT2D eigenvalue weighted by molar-refractivity contribution is 5.67. The molecule has 0 aromatic rings. The molecule has 0 bridgehead atoms. The van der Waals surface area contributed by atoms with Crippen molar-refractivity contribution in [3.63, 3.8) is 0 Å². The molecule has 0 spiro atoms. The summed E-state index contributed by atoms with van der Waals surface area (Å²) in [5.74, 6) is 0.605. The molecule has 0 amide bonds. The molecule has 0 saturated heterocycles. The van der Waals surface area contributed by atoms with E-state index >= 15 is 0 Å². The van der Waals surface area contributed by atoms with E-state index in [1.807, 2.05) is 0 Å². The molecule has 1 rings (SSSR count). The fourth-order valence-corrected chi connectivity index (χ4v) is 3.03. The summed E-state index contributed by atoms with van der Waals surface area (Å²) in [5.41, 5.74) is 0.0729. The van der Waals surface area contributed by atoms with Crippen LogP contribution in [0.2, 0.25) is 0 Å². The Morgan fingerprint density at radius 1 is 1.50 bits per heavy atom. The van der Waals surface area contributed by atoms with Crippen molar-refractivity contribution in [2.24, 2.45) is 17.3 Å². The molecular formula is C12H22O2. The van der Waals surface area contributed by atoms with Crippen molar-refractivity contribution in [2.45, 2.75) is 52.9 Å². The second kappa shape index (κ2) is 4.33. The van der Waals surface area contributed by atoms with Gasteiger partial charge in [0.2, 0.25) is 0 Å². The average molecular weight is 198 g/mol. The van der Waals surface area contributed by atoms with Crippen molar-refractivity contribution in [3.05, 3.63) is 0 Å². The molecule has 1 saturated carbocycles. The van der Waals surface area contributed by atoms with Gasteiger partial charge in [-0.05, 0) is 30.1 Å². The predicted molar refractivity (Wildman–Crippen MR) is 57.2 cm³/mol. The van der Waals surface area contributed by atoms with Crippen molar-refractivity contribution in [1.82, 2.24) is 0 Å². The third-order valence-corrected chi connectivity index (χ3v) is 4.36. The highest BCUT2D eigenvalue weighted by atomic mass is 16.4. The topological polar surface area (TPSA) is 37.3 Å². The second-order valence-corrected chi connectivity index (χ2v) is 4.94. The Morgan fingerprint density at radius 3 is 2.64 bits per heavy atom. The number of hydrogen-bond acceptors (Lipinski definition) is 1. The Hall–Kier alpha value is -0.530. The molecule has 0 aromatic carbocycles. The van der Waals surface area contributed by atoms with Gasteiger partial charge in [0.1, 0.15) is 0 Å². The first kappa shape index (κ1) is 11.5. The van der Waals surface area contributed by atoms with Crippen molar-refractivity contribution in [2.75, 3.05) is 0 Å². The zero-order chi connectivity index (χ0) is 10.8. The standard InChI is InChI=1S/C12H22O2/c1-4-12(8-11(13)14)7-5-6-9(2)10(12)3/h9-10H,4-8H2,1-3H3,(H,13,14).